The van der Waals surface area contributed by atoms with E-state index in [9.17, 15) is 0 Å². The second-order valence-corrected chi connectivity index (χ2v) is 6.37. The van der Waals surface area contributed by atoms with E-state index in [4.69, 9.17) is 0 Å². The van der Waals surface area contributed by atoms with Crippen LogP contribution in [0.2, 0.25) is 0 Å². The molecule has 0 spiro atoms. The average molecular weight is 264 g/mol. The lowest BCUT2D eigenvalue weighted by molar-refractivity contribution is 0.132. The van der Waals surface area contributed by atoms with Gasteiger partial charge in [0.05, 0.1) is 12.0 Å². The van der Waals surface area contributed by atoms with Crippen LogP contribution < -0.4 is 5.32 Å². The second-order valence-electron chi connectivity index (χ2n) is 6.37. The van der Waals surface area contributed by atoms with Crippen LogP contribution in [-0.2, 0) is 13.1 Å². The van der Waals surface area contributed by atoms with Crippen molar-refractivity contribution >= 4 is 0 Å². The molecule has 0 unspecified atom stereocenters. The summed E-state index contributed by atoms with van der Waals surface area (Å²) in [5.41, 5.74) is 1.62. The largest absolute Gasteiger partial charge is 0.332 e. The molecule has 1 heterocycles. The van der Waals surface area contributed by atoms with Gasteiger partial charge in [-0.25, -0.2) is 4.98 Å². The van der Waals surface area contributed by atoms with Crippen molar-refractivity contribution in [2.75, 3.05) is 14.1 Å². The highest BCUT2D eigenvalue weighted by molar-refractivity contribution is 5.02. The first-order valence-electron chi connectivity index (χ1n) is 7.43. The molecule has 0 atom stereocenters. The van der Waals surface area contributed by atoms with E-state index in [0.717, 1.165) is 13.1 Å². The van der Waals surface area contributed by atoms with E-state index < -0.39 is 0 Å². The van der Waals surface area contributed by atoms with E-state index in [1.807, 2.05) is 12.5 Å². The first-order chi connectivity index (χ1) is 9.03. The van der Waals surface area contributed by atoms with Gasteiger partial charge in [-0.3, -0.25) is 0 Å². The first kappa shape index (κ1) is 14.5. The molecule has 1 aromatic rings. The molecular weight excluding hydrogens is 236 g/mol. The van der Waals surface area contributed by atoms with Crippen molar-refractivity contribution in [3.05, 3.63) is 18.2 Å². The van der Waals surface area contributed by atoms with E-state index in [2.05, 4.69) is 47.7 Å². The molecule has 108 valence electrons. The topological polar surface area (TPSA) is 33.1 Å². The number of aromatic nitrogens is 2. The molecule has 0 saturated heterocycles. The third-order valence-corrected chi connectivity index (χ3v) is 4.44. The minimum absolute atomic E-state index is 0.327. The molecule has 1 saturated carbocycles. The Morgan fingerprint density at radius 1 is 1.37 bits per heavy atom. The lowest BCUT2D eigenvalue weighted by atomic mass is 9.96. The fourth-order valence-corrected chi connectivity index (χ4v) is 3.04. The summed E-state index contributed by atoms with van der Waals surface area (Å²) in [5.74, 6) is 0. The van der Waals surface area contributed by atoms with Gasteiger partial charge in [-0.15, -0.1) is 0 Å². The zero-order valence-electron chi connectivity index (χ0n) is 12.8. The van der Waals surface area contributed by atoms with Crippen LogP contribution in [-0.4, -0.2) is 40.1 Å². The number of rotatable bonds is 6. The minimum atomic E-state index is 0.327. The normalized spacial score (nSPS) is 18.6. The van der Waals surface area contributed by atoms with Crippen LogP contribution in [0.25, 0.3) is 0 Å². The quantitative estimate of drug-likeness (QED) is 0.855. The third kappa shape index (κ3) is 3.37. The van der Waals surface area contributed by atoms with Crippen molar-refractivity contribution in [3.8, 4) is 0 Å². The van der Waals surface area contributed by atoms with Crippen molar-refractivity contribution < 1.29 is 0 Å². The summed E-state index contributed by atoms with van der Waals surface area (Å²) in [7, 11) is 4.43. The van der Waals surface area contributed by atoms with Crippen LogP contribution in [0.3, 0.4) is 0 Å². The first-order valence-corrected chi connectivity index (χ1v) is 7.43. The Morgan fingerprint density at radius 2 is 2.05 bits per heavy atom. The standard InChI is InChI=1S/C15H28N4/c1-13(2)17-10-14-9-16-12-19(14)11-15(18(3)4)7-5-6-8-15/h9,12-13,17H,5-8,10-11H2,1-4H3. The minimum Gasteiger partial charge on any atom is -0.332 e. The number of nitrogens with one attached hydrogen (secondary N) is 1. The molecule has 0 amide bonds. The fourth-order valence-electron chi connectivity index (χ4n) is 3.04. The lowest BCUT2D eigenvalue weighted by Crippen LogP contribution is -2.45. The zero-order valence-corrected chi connectivity index (χ0v) is 12.8. The molecule has 1 aliphatic rings. The maximum atomic E-state index is 4.34. The number of nitrogens with zero attached hydrogens (tertiary/aromatic N) is 3. The summed E-state index contributed by atoms with van der Waals surface area (Å²) in [6.45, 7) is 6.33. The maximum Gasteiger partial charge on any atom is 0.0949 e. The molecule has 1 fully saturated rings. The van der Waals surface area contributed by atoms with Crippen molar-refractivity contribution in [3.63, 3.8) is 0 Å². The van der Waals surface area contributed by atoms with E-state index >= 15 is 0 Å². The van der Waals surface area contributed by atoms with E-state index in [0.29, 0.717) is 11.6 Å². The van der Waals surface area contributed by atoms with Crippen LogP contribution >= 0.6 is 0 Å². The molecule has 4 nitrogen and oxygen atoms in total. The monoisotopic (exact) mass is 264 g/mol. The summed E-state index contributed by atoms with van der Waals surface area (Å²) in [4.78, 5) is 6.75. The molecule has 4 heteroatoms. The van der Waals surface area contributed by atoms with Gasteiger partial charge in [-0.1, -0.05) is 26.7 Å². The van der Waals surface area contributed by atoms with Crippen LogP contribution in [0.1, 0.15) is 45.2 Å². The number of hydrogen-bond acceptors (Lipinski definition) is 3. The molecule has 0 aromatic carbocycles. The predicted octanol–water partition coefficient (Wildman–Crippen LogP) is 2.26. The highest BCUT2D eigenvalue weighted by atomic mass is 15.2. The van der Waals surface area contributed by atoms with Gasteiger partial charge in [0.25, 0.3) is 0 Å². The average Bonchev–Trinajstić information content (AvgIpc) is 2.97. The second kappa shape index (κ2) is 6.06. The molecule has 1 aromatic heterocycles. The van der Waals surface area contributed by atoms with Crippen molar-refractivity contribution in [1.82, 2.24) is 19.8 Å². The Bertz CT molecular complexity index is 389. The summed E-state index contributed by atoms with van der Waals surface area (Å²) in [6.07, 6.45) is 9.29. The van der Waals surface area contributed by atoms with Gasteiger partial charge in [0.15, 0.2) is 0 Å². The van der Waals surface area contributed by atoms with Gasteiger partial charge in [0.1, 0.15) is 0 Å². The number of likely N-dealkylation sites (N-methyl/N-ethyl adjacent to an activating group) is 1. The highest BCUT2D eigenvalue weighted by Crippen LogP contribution is 2.35. The molecular formula is C15H28N4. The SMILES string of the molecule is CC(C)NCc1cncn1CC1(N(C)C)CCCC1. The lowest BCUT2D eigenvalue weighted by Gasteiger charge is -2.37. The number of hydrogen-bond donors (Lipinski definition) is 1. The van der Waals surface area contributed by atoms with Crippen molar-refractivity contribution in [2.24, 2.45) is 0 Å². The Balaban J connectivity index is 2.07. The maximum absolute atomic E-state index is 4.34. The van der Waals surface area contributed by atoms with Gasteiger partial charge < -0.3 is 14.8 Å². The van der Waals surface area contributed by atoms with E-state index in [-0.39, 0.29) is 0 Å². The predicted molar refractivity (Wildman–Crippen MR) is 79.1 cm³/mol. The van der Waals surface area contributed by atoms with Crippen LogP contribution in [0.5, 0.6) is 0 Å². The molecule has 0 aliphatic heterocycles. The molecule has 2 rings (SSSR count). The third-order valence-electron chi connectivity index (χ3n) is 4.44. The molecule has 0 bridgehead atoms. The van der Waals surface area contributed by atoms with Crippen LogP contribution in [0.4, 0.5) is 0 Å². The van der Waals surface area contributed by atoms with Gasteiger partial charge in [0.2, 0.25) is 0 Å². The summed E-state index contributed by atoms with van der Waals surface area (Å²) < 4.78 is 2.33. The van der Waals surface area contributed by atoms with E-state index in [1.54, 1.807) is 0 Å². The Labute approximate surface area is 117 Å². The van der Waals surface area contributed by atoms with Crippen LogP contribution in [0, 0.1) is 0 Å². The van der Waals surface area contributed by atoms with Crippen molar-refractivity contribution in [2.45, 2.75) is 64.2 Å². The molecule has 1 N–H and O–H groups in total. The van der Waals surface area contributed by atoms with E-state index in [1.165, 1.54) is 31.4 Å². The smallest absolute Gasteiger partial charge is 0.0949 e. The summed E-state index contributed by atoms with van der Waals surface area (Å²) >= 11 is 0. The number of imidazole rings is 1. The Hall–Kier alpha value is -0.870. The molecule has 0 radical (unpaired) electrons. The summed E-state index contributed by atoms with van der Waals surface area (Å²) in [5, 5.41) is 3.48. The fraction of sp³-hybridized carbons (Fsp3) is 0.800. The zero-order chi connectivity index (χ0) is 13.9. The van der Waals surface area contributed by atoms with Gasteiger partial charge in [-0.05, 0) is 26.9 Å². The van der Waals surface area contributed by atoms with Gasteiger partial charge in [0, 0.05) is 30.9 Å². The van der Waals surface area contributed by atoms with Crippen LogP contribution in [0.15, 0.2) is 12.5 Å². The van der Waals surface area contributed by atoms with Gasteiger partial charge >= 0.3 is 0 Å². The summed E-state index contributed by atoms with van der Waals surface area (Å²) in [6, 6.07) is 0.512. The Kier molecular flexibility index (Phi) is 4.63. The molecule has 19 heavy (non-hydrogen) atoms. The van der Waals surface area contributed by atoms with Crippen molar-refractivity contribution in [1.29, 1.82) is 0 Å². The Morgan fingerprint density at radius 3 is 2.63 bits per heavy atom. The van der Waals surface area contributed by atoms with Gasteiger partial charge in [-0.2, -0.15) is 0 Å². The highest BCUT2D eigenvalue weighted by Gasteiger charge is 2.36. The molecule has 1 aliphatic carbocycles.